The van der Waals surface area contributed by atoms with Gasteiger partial charge in [-0.2, -0.15) is 0 Å². The molecular formula is C47H79N5O11. The summed E-state index contributed by atoms with van der Waals surface area (Å²) in [5, 5.41) is 8.80. The highest BCUT2D eigenvalue weighted by molar-refractivity contribution is 5.06. The van der Waals surface area contributed by atoms with Gasteiger partial charge in [-0.25, -0.2) is 48.8 Å². The monoisotopic (exact) mass is 890 g/mol. The Morgan fingerprint density at radius 3 is 1.22 bits per heavy atom. The van der Waals surface area contributed by atoms with E-state index in [4.69, 9.17) is 19.5 Å². The van der Waals surface area contributed by atoms with Crippen molar-refractivity contribution in [1.29, 1.82) is 0 Å². The predicted molar refractivity (Wildman–Crippen MR) is 240 cm³/mol. The number of aromatic nitrogens is 3. The maximum atomic E-state index is 15.0. The standard InChI is InChI=1S/C47H79N5O11/c1-17-36-18-42(6,7)26-45(12,19-36)29-50-39(53)51(30-46(13)22-37(20-43(8,9)27-46)34(4)58-24-32(2)48-60-62-56-15)41(55)52(40(50)54)31-47(14)23-38(21-44(10,11)28-47)35(5)59-25-33(3)49-61-63-57-16/h36-38,48-49H,2-5,17-31H2,1,6-16H3. The number of ether oxygens (including phenoxy) is 2. The maximum absolute atomic E-state index is 15.0. The Balaban J connectivity index is 1.74. The van der Waals surface area contributed by atoms with Crippen LogP contribution in [0.3, 0.4) is 0 Å². The van der Waals surface area contributed by atoms with E-state index in [-0.39, 0.29) is 66.3 Å². The van der Waals surface area contributed by atoms with Crippen molar-refractivity contribution >= 4 is 0 Å². The second kappa shape index (κ2) is 20.7. The number of nitrogens with zero attached hydrogens (tertiary/aromatic N) is 3. The third kappa shape index (κ3) is 14.4. The molecule has 6 atom stereocenters. The fraction of sp³-hybridized carbons (Fsp3) is 0.766. The molecule has 16 heteroatoms. The quantitative estimate of drug-likeness (QED) is 0.0468. The predicted octanol–water partition coefficient (Wildman–Crippen LogP) is 8.20. The van der Waals surface area contributed by atoms with E-state index in [0.717, 1.165) is 51.4 Å². The zero-order valence-electron chi connectivity index (χ0n) is 40.5. The van der Waals surface area contributed by atoms with E-state index >= 15 is 4.79 Å². The van der Waals surface area contributed by atoms with Crippen molar-refractivity contribution in [2.45, 2.75) is 153 Å². The Hall–Kier alpha value is -3.67. The van der Waals surface area contributed by atoms with Gasteiger partial charge in [0.2, 0.25) is 0 Å². The van der Waals surface area contributed by atoms with Crippen molar-refractivity contribution in [2.24, 2.45) is 50.2 Å². The van der Waals surface area contributed by atoms with E-state index in [1.807, 2.05) is 0 Å². The Kier molecular flexibility index (Phi) is 17.0. The van der Waals surface area contributed by atoms with Crippen molar-refractivity contribution < 1.29 is 39.3 Å². The molecule has 63 heavy (non-hydrogen) atoms. The van der Waals surface area contributed by atoms with Crippen molar-refractivity contribution in [3.8, 4) is 0 Å². The Morgan fingerprint density at radius 2 is 0.889 bits per heavy atom. The molecule has 16 nitrogen and oxygen atoms in total. The molecular weight excluding hydrogens is 811 g/mol. The summed E-state index contributed by atoms with van der Waals surface area (Å²) in [5.74, 6) is 1.43. The van der Waals surface area contributed by atoms with E-state index in [0.29, 0.717) is 41.7 Å². The van der Waals surface area contributed by atoms with Crippen LogP contribution in [-0.4, -0.2) is 41.1 Å². The minimum atomic E-state index is -0.587. The summed E-state index contributed by atoms with van der Waals surface area (Å²) in [7, 11) is 2.62. The first-order valence-corrected chi connectivity index (χ1v) is 22.3. The van der Waals surface area contributed by atoms with Gasteiger partial charge in [0.25, 0.3) is 0 Å². The molecule has 3 aliphatic carbocycles. The van der Waals surface area contributed by atoms with Crippen LogP contribution in [0.25, 0.3) is 0 Å². The fourth-order valence-electron chi connectivity index (χ4n) is 12.3. The second-order valence-corrected chi connectivity index (χ2v) is 22.5. The summed E-state index contributed by atoms with van der Waals surface area (Å²) >= 11 is 0. The largest absolute Gasteiger partial charge is 0.492 e. The molecule has 6 unspecified atom stereocenters. The summed E-state index contributed by atoms with van der Waals surface area (Å²) in [4.78, 5) is 63.2. The first-order valence-electron chi connectivity index (χ1n) is 22.3. The molecule has 3 fully saturated rings. The number of rotatable bonds is 23. The van der Waals surface area contributed by atoms with Crippen molar-refractivity contribution in [2.75, 3.05) is 27.4 Å². The van der Waals surface area contributed by atoms with Crippen LogP contribution < -0.4 is 28.0 Å². The van der Waals surface area contributed by atoms with Crippen molar-refractivity contribution in [3.63, 3.8) is 0 Å². The number of hydrogen-bond donors (Lipinski definition) is 2. The molecule has 1 heterocycles. The molecule has 0 spiro atoms. The van der Waals surface area contributed by atoms with Crippen LogP contribution in [0.1, 0.15) is 133 Å². The zero-order valence-corrected chi connectivity index (χ0v) is 40.5. The molecule has 0 saturated heterocycles. The Morgan fingerprint density at radius 1 is 0.556 bits per heavy atom. The number of hydroxylamine groups is 2. The summed E-state index contributed by atoms with van der Waals surface area (Å²) < 4.78 is 16.2. The molecule has 0 aliphatic heterocycles. The van der Waals surface area contributed by atoms with E-state index in [1.54, 1.807) is 0 Å². The second-order valence-electron chi connectivity index (χ2n) is 22.5. The number of hydrogen-bond acceptors (Lipinski definition) is 13. The summed E-state index contributed by atoms with van der Waals surface area (Å²) in [6.45, 7) is 38.9. The lowest BCUT2D eigenvalue weighted by molar-refractivity contribution is -0.521. The van der Waals surface area contributed by atoms with Gasteiger partial charge in [-0.1, -0.05) is 112 Å². The Bertz CT molecular complexity index is 1870. The minimum Gasteiger partial charge on any atom is -0.492 e. The van der Waals surface area contributed by atoms with E-state index in [9.17, 15) is 9.59 Å². The smallest absolute Gasteiger partial charge is 0.336 e. The van der Waals surface area contributed by atoms with Crippen molar-refractivity contribution in [3.05, 3.63) is 80.7 Å². The first kappa shape index (κ1) is 52.0. The summed E-state index contributed by atoms with van der Waals surface area (Å²) in [6.07, 6.45) is 8.13. The molecule has 1 aromatic heterocycles. The van der Waals surface area contributed by atoms with Crippen LogP contribution in [0.4, 0.5) is 0 Å². The minimum absolute atomic E-state index is 0.0341. The van der Waals surface area contributed by atoms with Gasteiger partial charge in [0.05, 0.1) is 37.1 Å². The van der Waals surface area contributed by atoms with Gasteiger partial charge in [-0.15, -0.1) is 0 Å². The topological polar surface area (TPSA) is 164 Å². The van der Waals surface area contributed by atoms with Crippen LogP contribution in [0, 0.1) is 50.2 Å². The van der Waals surface area contributed by atoms with Crippen molar-refractivity contribution in [1.82, 2.24) is 24.7 Å². The first-order chi connectivity index (χ1) is 29.2. The van der Waals surface area contributed by atoms with Crippen LogP contribution in [0.15, 0.2) is 63.6 Å². The van der Waals surface area contributed by atoms with Gasteiger partial charge >= 0.3 is 17.1 Å². The summed E-state index contributed by atoms with van der Waals surface area (Å²) in [6, 6.07) is 0. The molecule has 0 amide bonds. The molecule has 0 aromatic carbocycles. The van der Waals surface area contributed by atoms with Gasteiger partial charge in [-0.3, -0.25) is 0 Å². The molecule has 3 saturated carbocycles. The van der Waals surface area contributed by atoms with E-state index in [1.165, 1.54) is 27.9 Å². The average molecular weight is 890 g/mol. The van der Waals surface area contributed by atoms with Crippen LogP contribution >= 0.6 is 0 Å². The SMILES string of the molecule is C=C(COC(=C)C1CC(C)(C)CC(C)(Cn2c(=O)n(CC3(C)CC(CC)CC(C)(C)C3)c(=O)n(CC3(C)CC(C(=C)OCC(=C)NOOOC)CC(C)(C)C3)c2=O)C1)NOOOC. The van der Waals surface area contributed by atoms with Crippen LogP contribution in [-0.2, 0) is 58.9 Å². The highest BCUT2D eigenvalue weighted by Crippen LogP contribution is 2.53. The number of nitrogens with one attached hydrogen (secondary N) is 2. The molecule has 0 radical (unpaired) electrons. The molecule has 358 valence electrons. The third-order valence-corrected chi connectivity index (χ3v) is 13.3. The van der Waals surface area contributed by atoms with Gasteiger partial charge in [0.15, 0.2) is 0 Å². The molecule has 4 rings (SSSR count). The van der Waals surface area contributed by atoms with Gasteiger partial charge < -0.3 is 9.47 Å². The lowest BCUT2D eigenvalue weighted by atomic mass is 9.60. The van der Waals surface area contributed by atoms with E-state index < -0.39 is 27.9 Å². The summed E-state index contributed by atoms with van der Waals surface area (Å²) in [5.41, 5.74) is 2.34. The normalized spacial score (nSPS) is 28.7. The highest BCUT2D eigenvalue weighted by atomic mass is 17.5. The molecule has 3 aliphatic rings. The molecule has 0 bridgehead atoms. The van der Waals surface area contributed by atoms with E-state index in [2.05, 4.69) is 126 Å². The van der Waals surface area contributed by atoms with Crippen LogP contribution in [0.2, 0.25) is 0 Å². The lowest BCUT2D eigenvalue weighted by Gasteiger charge is -2.48. The molecule has 2 N–H and O–H groups in total. The fourth-order valence-corrected chi connectivity index (χ4v) is 12.3. The zero-order chi connectivity index (χ0) is 47.2. The van der Waals surface area contributed by atoms with Gasteiger partial charge in [-0.05, 0) is 106 Å². The van der Waals surface area contributed by atoms with Gasteiger partial charge in [0.1, 0.15) is 13.2 Å². The average Bonchev–Trinajstić information content (AvgIpc) is 3.16. The highest BCUT2D eigenvalue weighted by Gasteiger charge is 2.47. The van der Waals surface area contributed by atoms with Crippen LogP contribution in [0.5, 0.6) is 0 Å². The lowest BCUT2D eigenvalue weighted by Crippen LogP contribution is -2.59. The molecule has 1 aromatic rings. The Labute approximate surface area is 374 Å². The third-order valence-electron chi connectivity index (χ3n) is 13.3. The number of allylic oxidation sites excluding steroid dienone is 2. The van der Waals surface area contributed by atoms with Gasteiger partial charge in [0, 0.05) is 31.5 Å². The maximum Gasteiger partial charge on any atom is 0.336 e.